The summed E-state index contributed by atoms with van der Waals surface area (Å²) >= 11 is 0. The van der Waals surface area contributed by atoms with Crippen LogP contribution in [0.4, 0.5) is 11.5 Å². The molecule has 3 heterocycles. The molecule has 4 rings (SSSR count). The van der Waals surface area contributed by atoms with Crippen LogP contribution in [0.5, 0.6) is 0 Å². The largest absolute Gasteiger partial charge is 0.481 e. The molecular weight excluding hydrogens is 318 g/mol. The lowest BCUT2D eigenvalue weighted by Gasteiger charge is -2.00. The van der Waals surface area contributed by atoms with Crippen molar-refractivity contribution in [1.82, 2.24) is 14.4 Å². The van der Waals surface area contributed by atoms with E-state index < -0.39 is 5.97 Å². The number of imidazole rings is 1. The molecule has 0 radical (unpaired) electrons. The third-order valence-electron chi connectivity index (χ3n) is 3.76. The molecule has 1 aromatic carbocycles. The zero-order chi connectivity index (χ0) is 17.2. The summed E-state index contributed by atoms with van der Waals surface area (Å²) in [6, 6.07) is 14.9. The minimum Gasteiger partial charge on any atom is -0.481 e. The average molecular weight is 331 g/mol. The molecule has 0 aliphatic heterocycles. The fourth-order valence-corrected chi connectivity index (χ4v) is 2.67. The van der Waals surface area contributed by atoms with Crippen molar-refractivity contribution in [1.29, 1.82) is 0 Å². The van der Waals surface area contributed by atoms with Gasteiger partial charge in [-0.1, -0.05) is 24.3 Å². The number of carbonyl (C=O) groups is 1. The maximum Gasteiger partial charge on any atom is 0.309 e. The molecule has 0 bridgehead atoms. The van der Waals surface area contributed by atoms with Crippen LogP contribution in [-0.4, -0.2) is 25.4 Å². The van der Waals surface area contributed by atoms with E-state index in [1.807, 2.05) is 42.5 Å². The van der Waals surface area contributed by atoms with Gasteiger partial charge in [-0.15, -0.1) is 10.2 Å². The number of nitrogens with zero attached hydrogens (tertiary/aromatic N) is 5. The van der Waals surface area contributed by atoms with E-state index in [9.17, 15) is 4.79 Å². The van der Waals surface area contributed by atoms with Gasteiger partial charge in [0.2, 0.25) is 0 Å². The number of pyridine rings is 2. The highest BCUT2D eigenvalue weighted by Gasteiger charge is 2.14. The molecular formula is C18H13N5O2. The molecule has 0 atom stereocenters. The van der Waals surface area contributed by atoms with Crippen LogP contribution in [0, 0.1) is 0 Å². The number of carboxylic acids is 1. The Kier molecular flexibility index (Phi) is 3.66. The first-order chi connectivity index (χ1) is 12.2. The van der Waals surface area contributed by atoms with Crippen molar-refractivity contribution in [2.75, 3.05) is 0 Å². The van der Waals surface area contributed by atoms with Gasteiger partial charge in [-0.2, -0.15) is 0 Å². The Balaban J connectivity index is 1.84. The number of benzene rings is 1. The van der Waals surface area contributed by atoms with E-state index in [-0.39, 0.29) is 6.42 Å². The Hall–Kier alpha value is -3.61. The molecule has 4 aromatic rings. The van der Waals surface area contributed by atoms with Crippen molar-refractivity contribution in [2.24, 2.45) is 10.2 Å². The molecule has 7 nitrogen and oxygen atoms in total. The Bertz CT molecular complexity index is 1110. The third-order valence-corrected chi connectivity index (χ3v) is 3.76. The van der Waals surface area contributed by atoms with Crippen LogP contribution in [0.3, 0.4) is 0 Å². The molecule has 25 heavy (non-hydrogen) atoms. The average Bonchev–Trinajstić information content (AvgIpc) is 2.96. The molecule has 122 valence electrons. The quantitative estimate of drug-likeness (QED) is 0.574. The van der Waals surface area contributed by atoms with Crippen LogP contribution in [-0.2, 0) is 11.2 Å². The standard InChI is InChI=1S/C18H13N5O2/c24-16(25)11-14-18(23-10-2-1-8-15(23)20-14)22-21-13-7-3-5-12-6-4-9-19-17(12)13/h1-10H,11H2,(H,24,25). The number of para-hydroxylation sites is 1. The lowest BCUT2D eigenvalue weighted by atomic mass is 10.2. The van der Waals surface area contributed by atoms with Crippen molar-refractivity contribution in [3.63, 3.8) is 0 Å². The summed E-state index contributed by atoms with van der Waals surface area (Å²) in [6.45, 7) is 0. The smallest absolute Gasteiger partial charge is 0.309 e. The molecule has 0 amide bonds. The molecule has 0 aliphatic carbocycles. The zero-order valence-electron chi connectivity index (χ0n) is 13.1. The van der Waals surface area contributed by atoms with Crippen LogP contribution in [0.1, 0.15) is 5.69 Å². The van der Waals surface area contributed by atoms with Gasteiger partial charge in [0.05, 0.1) is 17.6 Å². The molecule has 0 fully saturated rings. The van der Waals surface area contributed by atoms with Gasteiger partial charge >= 0.3 is 5.97 Å². The molecule has 3 aromatic heterocycles. The minimum absolute atomic E-state index is 0.218. The number of azo groups is 1. The van der Waals surface area contributed by atoms with E-state index in [4.69, 9.17) is 5.11 Å². The fraction of sp³-hybridized carbons (Fsp3) is 0.0556. The Morgan fingerprint density at radius 3 is 2.84 bits per heavy atom. The van der Waals surface area contributed by atoms with Crippen molar-refractivity contribution in [3.05, 3.63) is 66.6 Å². The second-order valence-corrected chi connectivity index (χ2v) is 5.43. The van der Waals surface area contributed by atoms with Crippen LogP contribution < -0.4 is 0 Å². The number of carboxylic acid groups (broad SMARTS) is 1. The van der Waals surface area contributed by atoms with Crippen LogP contribution >= 0.6 is 0 Å². The summed E-state index contributed by atoms with van der Waals surface area (Å²) in [4.78, 5) is 19.8. The van der Waals surface area contributed by atoms with E-state index in [0.29, 0.717) is 22.8 Å². The first-order valence-electron chi connectivity index (χ1n) is 7.65. The summed E-state index contributed by atoms with van der Waals surface area (Å²) < 4.78 is 1.72. The second kappa shape index (κ2) is 6.12. The molecule has 7 heteroatoms. The predicted molar refractivity (Wildman–Crippen MR) is 92.5 cm³/mol. The maximum absolute atomic E-state index is 11.1. The molecule has 0 saturated heterocycles. The summed E-state index contributed by atoms with van der Waals surface area (Å²) in [5.74, 6) is -0.558. The van der Waals surface area contributed by atoms with Crippen molar-refractivity contribution in [3.8, 4) is 0 Å². The number of hydrogen-bond acceptors (Lipinski definition) is 5. The van der Waals surface area contributed by atoms with Crippen molar-refractivity contribution in [2.45, 2.75) is 6.42 Å². The SMILES string of the molecule is O=C(O)Cc1nc2ccccn2c1N=Nc1cccc2cccnc12. The summed E-state index contributed by atoms with van der Waals surface area (Å²) in [5.41, 5.74) is 2.35. The number of aliphatic carboxylic acids is 1. The van der Waals surface area contributed by atoms with Gasteiger partial charge in [-0.05, 0) is 24.3 Å². The number of fused-ring (bicyclic) bond motifs is 2. The van der Waals surface area contributed by atoms with Gasteiger partial charge in [-0.3, -0.25) is 14.2 Å². The molecule has 0 saturated carbocycles. The topological polar surface area (TPSA) is 92.2 Å². The first-order valence-corrected chi connectivity index (χ1v) is 7.65. The molecule has 0 unspecified atom stereocenters. The Morgan fingerprint density at radius 1 is 1.08 bits per heavy atom. The van der Waals surface area contributed by atoms with E-state index in [0.717, 1.165) is 10.9 Å². The zero-order valence-corrected chi connectivity index (χ0v) is 13.1. The highest BCUT2D eigenvalue weighted by Crippen LogP contribution is 2.28. The van der Waals surface area contributed by atoms with E-state index in [1.54, 1.807) is 22.9 Å². The van der Waals surface area contributed by atoms with Gasteiger partial charge in [0.15, 0.2) is 5.82 Å². The van der Waals surface area contributed by atoms with Crippen molar-refractivity contribution < 1.29 is 9.90 Å². The van der Waals surface area contributed by atoms with Crippen molar-refractivity contribution >= 4 is 34.0 Å². The highest BCUT2D eigenvalue weighted by molar-refractivity contribution is 5.88. The van der Waals surface area contributed by atoms with Crippen LogP contribution in [0.15, 0.2) is 71.2 Å². The normalized spacial score (nSPS) is 11.5. The Labute approximate surface area is 142 Å². The molecule has 0 spiro atoms. The van der Waals surface area contributed by atoms with E-state index >= 15 is 0 Å². The van der Waals surface area contributed by atoms with Gasteiger partial charge in [0.25, 0.3) is 0 Å². The lowest BCUT2D eigenvalue weighted by Crippen LogP contribution is -2.00. The number of rotatable bonds is 4. The molecule has 0 aliphatic rings. The lowest BCUT2D eigenvalue weighted by molar-refractivity contribution is -0.136. The summed E-state index contributed by atoms with van der Waals surface area (Å²) in [6.07, 6.45) is 3.26. The fourth-order valence-electron chi connectivity index (χ4n) is 2.67. The van der Waals surface area contributed by atoms with Gasteiger partial charge in [0, 0.05) is 17.8 Å². The van der Waals surface area contributed by atoms with Gasteiger partial charge in [0.1, 0.15) is 11.3 Å². The van der Waals surface area contributed by atoms with Gasteiger partial charge in [-0.25, -0.2) is 4.98 Å². The second-order valence-electron chi connectivity index (χ2n) is 5.43. The van der Waals surface area contributed by atoms with E-state index in [1.165, 1.54) is 0 Å². The minimum atomic E-state index is -0.966. The van der Waals surface area contributed by atoms with Crippen LogP contribution in [0.2, 0.25) is 0 Å². The van der Waals surface area contributed by atoms with E-state index in [2.05, 4.69) is 20.2 Å². The Morgan fingerprint density at radius 2 is 1.96 bits per heavy atom. The predicted octanol–water partition coefficient (Wildman–Crippen LogP) is 3.93. The van der Waals surface area contributed by atoms with Gasteiger partial charge < -0.3 is 5.11 Å². The number of hydrogen-bond donors (Lipinski definition) is 1. The third kappa shape index (κ3) is 2.83. The summed E-state index contributed by atoms with van der Waals surface area (Å²) in [7, 11) is 0. The monoisotopic (exact) mass is 331 g/mol. The van der Waals surface area contributed by atoms with Crippen LogP contribution in [0.25, 0.3) is 16.6 Å². The maximum atomic E-state index is 11.1. The first kappa shape index (κ1) is 14.9. The highest BCUT2D eigenvalue weighted by atomic mass is 16.4. The molecule has 1 N–H and O–H groups in total. The summed E-state index contributed by atoms with van der Waals surface area (Å²) in [5, 5.41) is 18.7. The number of aromatic nitrogens is 3.